The number of alkyl halides is 3. The Morgan fingerprint density at radius 2 is 2.19 bits per heavy atom. The number of hydrogen-bond acceptors (Lipinski definition) is 2. The summed E-state index contributed by atoms with van der Waals surface area (Å²) in [5, 5.41) is 11.6. The lowest BCUT2D eigenvalue weighted by atomic mass is 9.99. The van der Waals surface area contributed by atoms with Crippen molar-refractivity contribution in [1.82, 2.24) is 4.90 Å². The molecule has 1 aromatic rings. The van der Waals surface area contributed by atoms with Crippen LogP contribution in [0.5, 0.6) is 0 Å². The molecule has 2 amide bonds. The normalized spacial score (nSPS) is 19.4. The molecule has 1 atom stereocenters. The minimum atomic E-state index is -4.44. The average molecular weight is 302 g/mol. The van der Waals surface area contributed by atoms with Gasteiger partial charge in [-0.2, -0.15) is 13.2 Å². The highest BCUT2D eigenvalue weighted by Gasteiger charge is 2.30. The summed E-state index contributed by atoms with van der Waals surface area (Å²) in [4.78, 5) is 13.6. The second-order valence-electron chi connectivity index (χ2n) is 5.15. The maximum atomic E-state index is 12.6. The minimum Gasteiger partial charge on any atom is -0.396 e. The number of rotatable bonds is 2. The number of likely N-dealkylation sites (tertiary alicyclic amines) is 1. The van der Waals surface area contributed by atoms with Crippen molar-refractivity contribution in [1.29, 1.82) is 0 Å². The van der Waals surface area contributed by atoms with Crippen molar-refractivity contribution in [2.45, 2.75) is 19.0 Å². The molecule has 1 heterocycles. The Bertz CT molecular complexity index is 505. The Morgan fingerprint density at radius 3 is 2.86 bits per heavy atom. The zero-order valence-corrected chi connectivity index (χ0v) is 11.4. The first-order valence-electron chi connectivity index (χ1n) is 6.74. The van der Waals surface area contributed by atoms with Gasteiger partial charge in [-0.15, -0.1) is 0 Å². The summed E-state index contributed by atoms with van der Waals surface area (Å²) < 4.78 is 37.8. The number of anilines is 1. The molecule has 0 radical (unpaired) electrons. The fraction of sp³-hybridized carbons (Fsp3) is 0.500. The molecule has 1 aliphatic heterocycles. The molecule has 1 saturated heterocycles. The van der Waals surface area contributed by atoms with Gasteiger partial charge in [-0.1, -0.05) is 6.07 Å². The largest absolute Gasteiger partial charge is 0.416 e. The summed E-state index contributed by atoms with van der Waals surface area (Å²) in [6.45, 7) is 0.968. The zero-order valence-electron chi connectivity index (χ0n) is 11.4. The van der Waals surface area contributed by atoms with E-state index >= 15 is 0 Å². The molecule has 0 bridgehead atoms. The number of hydrogen-bond donors (Lipinski definition) is 2. The molecule has 7 heteroatoms. The van der Waals surface area contributed by atoms with Crippen LogP contribution in [0.3, 0.4) is 0 Å². The number of aliphatic hydroxyl groups is 1. The van der Waals surface area contributed by atoms with Gasteiger partial charge >= 0.3 is 12.2 Å². The van der Waals surface area contributed by atoms with Crippen molar-refractivity contribution in [3.63, 3.8) is 0 Å². The summed E-state index contributed by atoms with van der Waals surface area (Å²) >= 11 is 0. The van der Waals surface area contributed by atoms with Crippen molar-refractivity contribution >= 4 is 11.7 Å². The number of nitrogens with zero attached hydrogens (tertiary/aromatic N) is 1. The maximum Gasteiger partial charge on any atom is 0.416 e. The number of nitrogens with one attached hydrogen (secondary N) is 1. The monoisotopic (exact) mass is 302 g/mol. The van der Waals surface area contributed by atoms with E-state index in [0.29, 0.717) is 13.1 Å². The van der Waals surface area contributed by atoms with Crippen molar-refractivity contribution in [2.75, 3.05) is 25.0 Å². The van der Waals surface area contributed by atoms with Crippen molar-refractivity contribution in [3.05, 3.63) is 29.8 Å². The van der Waals surface area contributed by atoms with Crippen LogP contribution in [0.25, 0.3) is 0 Å². The number of benzene rings is 1. The number of halogens is 3. The first-order chi connectivity index (χ1) is 9.90. The van der Waals surface area contributed by atoms with Gasteiger partial charge in [-0.05, 0) is 37.0 Å². The standard InChI is InChI=1S/C14H17F3N2O2/c15-14(16,17)11-4-1-5-12(7-11)18-13(21)19-6-2-3-10(8-19)9-20/h1,4-5,7,10,20H,2-3,6,8-9H2,(H,18,21). The number of piperidine rings is 1. The smallest absolute Gasteiger partial charge is 0.396 e. The first kappa shape index (κ1) is 15.6. The second-order valence-corrected chi connectivity index (χ2v) is 5.15. The van der Waals surface area contributed by atoms with E-state index in [9.17, 15) is 18.0 Å². The van der Waals surface area contributed by atoms with E-state index in [-0.39, 0.29) is 18.2 Å². The third-order valence-electron chi connectivity index (χ3n) is 3.51. The van der Waals surface area contributed by atoms with E-state index in [4.69, 9.17) is 5.11 Å². The van der Waals surface area contributed by atoms with Crippen LogP contribution in [0.15, 0.2) is 24.3 Å². The molecule has 1 aliphatic rings. The molecule has 2 rings (SSSR count). The molecule has 1 fully saturated rings. The van der Waals surface area contributed by atoms with Gasteiger partial charge in [0.25, 0.3) is 0 Å². The van der Waals surface area contributed by atoms with E-state index < -0.39 is 17.8 Å². The van der Waals surface area contributed by atoms with Crippen molar-refractivity contribution in [2.24, 2.45) is 5.92 Å². The molecule has 116 valence electrons. The number of urea groups is 1. The van der Waals surface area contributed by atoms with Crippen LogP contribution in [-0.4, -0.2) is 35.7 Å². The highest BCUT2D eigenvalue weighted by Crippen LogP contribution is 2.30. The van der Waals surface area contributed by atoms with Gasteiger partial charge < -0.3 is 15.3 Å². The SMILES string of the molecule is O=C(Nc1cccc(C(F)(F)F)c1)N1CCCC(CO)C1. The Hall–Kier alpha value is -1.76. The van der Waals surface area contributed by atoms with Crippen LogP contribution in [0.2, 0.25) is 0 Å². The topological polar surface area (TPSA) is 52.6 Å². The molecule has 0 saturated carbocycles. The van der Waals surface area contributed by atoms with E-state index in [0.717, 1.165) is 25.0 Å². The fourth-order valence-electron chi connectivity index (χ4n) is 2.37. The highest BCUT2D eigenvalue weighted by molar-refractivity contribution is 5.89. The first-order valence-corrected chi connectivity index (χ1v) is 6.74. The summed E-state index contributed by atoms with van der Waals surface area (Å²) in [6, 6.07) is 4.10. The molecule has 0 aromatic heterocycles. The summed E-state index contributed by atoms with van der Waals surface area (Å²) in [5.74, 6) is 0.0333. The summed E-state index contributed by atoms with van der Waals surface area (Å²) in [7, 11) is 0. The van der Waals surface area contributed by atoms with Crippen LogP contribution in [-0.2, 0) is 6.18 Å². The van der Waals surface area contributed by atoms with E-state index in [1.165, 1.54) is 17.0 Å². The van der Waals surface area contributed by atoms with Gasteiger partial charge in [0.15, 0.2) is 0 Å². The maximum absolute atomic E-state index is 12.6. The van der Waals surface area contributed by atoms with E-state index in [2.05, 4.69) is 5.32 Å². The molecular weight excluding hydrogens is 285 g/mol. The third kappa shape index (κ3) is 4.10. The molecular formula is C14H17F3N2O2. The highest BCUT2D eigenvalue weighted by atomic mass is 19.4. The quantitative estimate of drug-likeness (QED) is 0.882. The van der Waals surface area contributed by atoms with Gasteiger partial charge in [0.1, 0.15) is 0 Å². The summed E-state index contributed by atoms with van der Waals surface area (Å²) in [6.07, 6.45) is -2.81. The van der Waals surface area contributed by atoms with Crippen LogP contribution in [0.4, 0.5) is 23.7 Å². The zero-order chi connectivity index (χ0) is 15.5. The van der Waals surface area contributed by atoms with Crippen LogP contribution >= 0.6 is 0 Å². The molecule has 0 aliphatic carbocycles. The van der Waals surface area contributed by atoms with Gasteiger partial charge in [0.2, 0.25) is 0 Å². The third-order valence-corrected chi connectivity index (χ3v) is 3.51. The number of carbonyl (C=O) groups excluding carboxylic acids is 1. The molecule has 21 heavy (non-hydrogen) atoms. The van der Waals surface area contributed by atoms with Crippen LogP contribution in [0.1, 0.15) is 18.4 Å². The Kier molecular flexibility index (Phi) is 4.72. The molecule has 4 nitrogen and oxygen atoms in total. The van der Waals surface area contributed by atoms with Crippen LogP contribution < -0.4 is 5.32 Å². The average Bonchev–Trinajstić information content (AvgIpc) is 2.46. The predicted molar refractivity (Wildman–Crippen MR) is 71.8 cm³/mol. The van der Waals surface area contributed by atoms with Gasteiger partial charge in [0, 0.05) is 25.4 Å². The number of aliphatic hydroxyl groups excluding tert-OH is 1. The second kappa shape index (κ2) is 6.34. The lowest BCUT2D eigenvalue weighted by molar-refractivity contribution is -0.137. The lowest BCUT2D eigenvalue weighted by Crippen LogP contribution is -2.43. The van der Waals surface area contributed by atoms with E-state index in [1.807, 2.05) is 0 Å². The molecule has 1 aromatic carbocycles. The predicted octanol–water partition coefficient (Wildman–Crippen LogP) is 2.94. The van der Waals surface area contributed by atoms with Crippen molar-refractivity contribution in [3.8, 4) is 0 Å². The minimum absolute atomic E-state index is 0.00728. The Morgan fingerprint density at radius 1 is 1.43 bits per heavy atom. The van der Waals surface area contributed by atoms with Gasteiger partial charge in [-0.25, -0.2) is 4.79 Å². The molecule has 2 N–H and O–H groups in total. The molecule has 1 unspecified atom stereocenters. The Labute approximate surface area is 120 Å². The fourth-order valence-corrected chi connectivity index (χ4v) is 2.37. The van der Waals surface area contributed by atoms with Gasteiger partial charge in [0.05, 0.1) is 5.56 Å². The van der Waals surface area contributed by atoms with Crippen LogP contribution in [0, 0.1) is 5.92 Å². The lowest BCUT2D eigenvalue weighted by Gasteiger charge is -2.31. The summed E-state index contributed by atoms with van der Waals surface area (Å²) in [5.41, 5.74) is -0.687. The number of amides is 2. The van der Waals surface area contributed by atoms with E-state index in [1.54, 1.807) is 0 Å². The Balaban J connectivity index is 2.02. The number of carbonyl (C=O) groups is 1. The van der Waals surface area contributed by atoms with Gasteiger partial charge in [-0.3, -0.25) is 0 Å². The molecule has 0 spiro atoms. The van der Waals surface area contributed by atoms with Crippen molar-refractivity contribution < 1.29 is 23.1 Å².